The summed E-state index contributed by atoms with van der Waals surface area (Å²) in [5, 5.41) is 3.39. The van der Waals surface area contributed by atoms with Gasteiger partial charge in [0.2, 0.25) is 0 Å². The zero-order chi connectivity index (χ0) is 11.7. The minimum atomic E-state index is -0.107. The maximum Gasteiger partial charge on any atom is 0.0966 e. The predicted octanol–water partition coefficient (Wildman–Crippen LogP) is 1.96. The van der Waals surface area contributed by atoms with E-state index in [2.05, 4.69) is 46.9 Å². The highest BCUT2D eigenvalue weighted by molar-refractivity contribution is 4.84. The van der Waals surface area contributed by atoms with E-state index < -0.39 is 0 Å². The number of ether oxygens (including phenoxy) is 2. The van der Waals surface area contributed by atoms with Gasteiger partial charge in [-0.25, -0.2) is 0 Å². The first kappa shape index (κ1) is 12.9. The number of rotatable bonds is 2. The van der Waals surface area contributed by atoms with Gasteiger partial charge in [0.05, 0.1) is 23.4 Å². The fraction of sp³-hybridized carbons (Fsp3) is 1.00. The van der Waals surface area contributed by atoms with Gasteiger partial charge in [-0.1, -0.05) is 0 Å². The van der Waals surface area contributed by atoms with Crippen LogP contribution in [0.4, 0.5) is 0 Å². The summed E-state index contributed by atoms with van der Waals surface area (Å²) in [6.07, 6.45) is 0.269. The molecule has 90 valence electrons. The van der Waals surface area contributed by atoms with Crippen molar-refractivity contribution in [2.45, 2.75) is 65.0 Å². The van der Waals surface area contributed by atoms with Crippen LogP contribution in [-0.2, 0) is 9.47 Å². The predicted molar refractivity (Wildman–Crippen MR) is 62.1 cm³/mol. The van der Waals surface area contributed by atoms with Crippen LogP contribution in [0.5, 0.6) is 0 Å². The summed E-state index contributed by atoms with van der Waals surface area (Å²) in [6.45, 7) is 14.3. The van der Waals surface area contributed by atoms with Crippen LogP contribution in [0.2, 0.25) is 0 Å². The van der Waals surface area contributed by atoms with Crippen LogP contribution in [0.25, 0.3) is 0 Å². The van der Waals surface area contributed by atoms with Crippen molar-refractivity contribution in [1.82, 2.24) is 5.32 Å². The Morgan fingerprint density at radius 3 is 2.47 bits per heavy atom. The van der Waals surface area contributed by atoms with Crippen LogP contribution in [0.1, 0.15) is 41.5 Å². The van der Waals surface area contributed by atoms with Crippen LogP contribution in [0.3, 0.4) is 0 Å². The number of morpholine rings is 1. The molecule has 1 rings (SSSR count). The van der Waals surface area contributed by atoms with E-state index in [1.54, 1.807) is 0 Å². The molecule has 0 bridgehead atoms. The van der Waals surface area contributed by atoms with Gasteiger partial charge < -0.3 is 14.8 Å². The topological polar surface area (TPSA) is 30.5 Å². The molecule has 2 unspecified atom stereocenters. The maximum absolute atomic E-state index is 5.99. The van der Waals surface area contributed by atoms with E-state index >= 15 is 0 Å². The molecule has 0 amide bonds. The normalized spacial score (nSPS) is 28.8. The van der Waals surface area contributed by atoms with Crippen LogP contribution in [0.15, 0.2) is 0 Å². The van der Waals surface area contributed by atoms with Gasteiger partial charge >= 0.3 is 0 Å². The molecule has 0 radical (unpaired) electrons. The Morgan fingerprint density at radius 1 is 1.40 bits per heavy atom. The van der Waals surface area contributed by atoms with Crippen molar-refractivity contribution in [2.24, 2.45) is 0 Å². The zero-order valence-corrected chi connectivity index (χ0v) is 10.9. The van der Waals surface area contributed by atoms with Crippen molar-refractivity contribution in [1.29, 1.82) is 0 Å². The molecule has 0 saturated carbocycles. The monoisotopic (exact) mass is 215 g/mol. The quantitative estimate of drug-likeness (QED) is 0.764. The van der Waals surface area contributed by atoms with Gasteiger partial charge in [-0.2, -0.15) is 0 Å². The molecule has 3 heteroatoms. The second-order valence-corrected chi connectivity index (χ2v) is 5.98. The Bertz CT molecular complexity index is 208. The first-order chi connectivity index (χ1) is 6.70. The average Bonchev–Trinajstić information content (AvgIpc) is 1.99. The van der Waals surface area contributed by atoms with Crippen LogP contribution >= 0.6 is 0 Å². The molecule has 1 saturated heterocycles. The van der Waals surface area contributed by atoms with Gasteiger partial charge in [0, 0.05) is 13.1 Å². The highest BCUT2D eigenvalue weighted by Gasteiger charge is 2.33. The largest absolute Gasteiger partial charge is 0.370 e. The molecule has 1 fully saturated rings. The summed E-state index contributed by atoms with van der Waals surface area (Å²) in [5.41, 5.74) is -0.192. The molecule has 1 aliphatic heterocycles. The Morgan fingerprint density at radius 2 is 2.00 bits per heavy atom. The molecule has 0 aliphatic carbocycles. The lowest BCUT2D eigenvalue weighted by molar-refractivity contribution is -0.172. The first-order valence-corrected chi connectivity index (χ1v) is 5.76. The van der Waals surface area contributed by atoms with Crippen LogP contribution < -0.4 is 5.32 Å². The molecule has 0 aromatic carbocycles. The molecular weight excluding hydrogens is 190 g/mol. The highest BCUT2D eigenvalue weighted by atomic mass is 16.6. The van der Waals surface area contributed by atoms with Gasteiger partial charge in [0.25, 0.3) is 0 Å². The van der Waals surface area contributed by atoms with Crippen molar-refractivity contribution in [2.75, 3.05) is 13.1 Å². The summed E-state index contributed by atoms with van der Waals surface area (Å²) < 4.78 is 11.9. The Labute approximate surface area is 93.5 Å². The van der Waals surface area contributed by atoms with Crippen molar-refractivity contribution in [3.8, 4) is 0 Å². The molecule has 0 spiro atoms. The van der Waals surface area contributed by atoms with Crippen molar-refractivity contribution in [3.05, 3.63) is 0 Å². The second kappa shape index (κ2) is 4.40. The summed E-state index contributed by atoms with van der Waals surface area (Å²) in [4.78, 5) is 0. The molecular formula is C12H25NO2. The Hall–Kier alpha value is -0.120. The molecule has 0 aromatic heterocycles. The first-order valence-electron chi connectivity index (χ1n) is 5.76. The lowest BCUT2D eigenvalue weighted by atomic mass is 10.0. The van der Waals surface area contributed by atoms with Crippen molar-refractivity contribution >= 4 is 0 Å². The Balaban J connectivity index is 2.49. The molecule has 1 aliphatic rings. The van der Waals surface area contributed by atoms with E-state index in [0.29, 0.717) is 0 Å². The van der Waals surface area contributed by atoms with Gasteiger partial charge in [-0.3, -0.25) is 0 Å². The van der Waals surface area contributed by atoms with Gasteiger partial charge in [-0.05, 0) is 41.5 Å². The van der Waals surface area contributed by atoms with Crippen LogP contribution in [0, 0.1) is 0 Å². The van der Waals surface area contributed by atoms with Gasteiger partial charge in [-0.15, -0.1) is 0 Å². The third-order valence-corrected chi connectivity index (χ3v) is 2.43. The summed E-state index contributed by atoms with van der Waals surface area (Å²) in [5.74, 6) is 0. The van der Waals surface area contributed by atoms with Crippen molar-refractivity contribution < 1.29 is 9.47 Å². The SMILES string of the molecule is CC(OC(C)(C)C)C1CNCC(C)(C)O1. The number of nitrogens with one attached hydrogen (secondary N) is 1. The Kier molecular flexibility index (Phi) is 3.80. The molecule has 1 heterocycles. The second-order valence-electron chi connectivity index (χ2n) is 5.98. The van der Waals surface area contributed by atoms with Crippen LogP contribution in [-0.4, -0.2) is 36.5 Å². The van der Waals surface area contributed by atoms with E-state index in [1.165, 1.54) is 0 Å². The summed E-state index contributed by atoms with van der Waals surface area (Å²) in [7, 11) is 0. The third-order valence-electron chi connectivity index (χ3n) is 2.43. The van der Waals surface area contributed by atoms with E-state index in [1.807, 2.05) is 0 Å². The highest BCUT2D eigenvalue weighted by Crippen LogP contribution is 2.21. The maximum atomic E-state index is 5.99. The average molecular weight is 215 g/mol. The standard InChI is InChI=1S/C12H25NO2/c1-9(14-11(2,3)4)10-7-13-8-12(5,6)15-10/h9-10,13H,7-8H2,1-6H3. The van der Waals surface area contributed by atoms with E-state index in [4.69, 9.17) is 9.47 Å². The molecule has 15 heavy (non-hydrogen) atoms. The van der Waals surface area contributed by atoms with Gasteiger partial charge in [0.15, 0.2) is 0 Å². The lowest BCUT2D eigenvalue weighted by Gasteiger charge is -2.40. The molecule has 3 nitrogen and oxygen atoms in total. The van der Waals surface area contributed by atoms with Gasteiger partial charge in [0.1, 0.15) is 0 Å². The third kappa shape index (κ3) is 4.49. The van der Waals surface area contributed by atoms with E-state index in [0.717, 1.165) is 13.1 Å². The van der Waals surface area contributed by atoms with E-state index in [9.17, 15) is 0 Å². The molecule has 1 N–H and O–H groups in total. The van der Waals surface area contributed by atoms with Crippen molar-refractivity contribution in [3.63, 3.8) is 0 Å². The molecule has 0 aromatic rings. The van der Waals surface area contributed by atoms with E-state index in [-0.39, 0.29) is 23.4 Å². The zero-order valence-electron chi connectivity index (χ0n) is 10.9. The summed E-state index contributed by atoms with van der Waals surface area (Å²) in [6, 6.07) is 0. The number of hydrogen-bond donors (Lipinski definition) is 1. The minimum absolute atomic E-state index is 0.0849. The smallest absolute Gasteiger partial charge is 0.0966 e. The minimum Gasteiger partial charge on any atom is -0.370 e. The molecule has 2 atom stereocenters. The fourth-order valence-electron chi connectivity index (χ4n) is 1.90. The number of hydrogen-bond acceptors (Lipinski definition) is 3. The lowest BCUT2D eigenvalue weighted by Crippen LogP contribution is -2.55. The summed E-state index contributed by atoms with van der Waals surface area (Å²) >= 11 is 0. The fourth-order valence-corrected chi connectivity index (χ4v) is 1.90.